The van der Waals surface area contributed by atoms with Crippen LogP contribution in [0.2, 0.25) is 0 Å². The number of hydrogen-bond acceptors (Lipinski definition) is 4. The average Bonchev–Trinajstić information content (AvgIpc) is 1.87. The fourth-order valence-electron chi connectivity index (χ4n) is 0.352. The molecule has 0 saturated heterocycles. The van der Waals surface area contributed by atoms with Crippen molar-refractivity contribution in [3.63, 3.8) is 0 Å². The summed E-state index contributed by atoms with van der Waals surface area (Å²) >= 11 is 1.06. The first kappa shape index (κ1) is 13.1. The van der Waals surface area contributed by atoms with Gasteiger partial charge < -0.3 is 14.4 Å². The molecule has 0 radical (unpaired) electrons. The van der Waals surface area contributed by atoms with Crippen molar-refractivity contribution in [3.05, 3.63) is 0 Å². The van der Waals surface area contributed by atoms with Crippen LogP contribution < -0.4 is 9.79 Å². The van der Waals surface area contributed by atoms with Gasteiger partial charge in [0, 0.05) is 0 Å². The molecule has 0 aromatic heterocycles. The van der Waals surface area contributed by atoms with E-state index in [9.17, 15) is 14.4 Å². The molecule has 6 heteroatoms. The minimum absolute atomic E-state index is 0.191. The molecule has 0 bridgehead atoms. The normalized spacial score (nSPS) is 10.1. The first-order valence-electron chi connectivity index (χ1n) is 2.75. The van der Waals surface area contributed by atoms with E-state index >= 15 is 0 Å². The second kappa shape index (κ2) is 7.64. The Kier molecular flexibility index (Phi) is 10.0. The van der Waals surface area contributed by atoms with Gasteiger partial charge in [0.1, 0.15) is 0 Å². The quantitative estimate of drug-likeness (QED) is 0.583. The Morgan fingerprint density at radius 3 is 1.90 bits per heavy atom. The predicted octanol–water partition coefficient (Wildman–Crippen LogP) is -0.421. The number of rotatable bonds is 3. The number of hydrogen-bond donors (Lipinski definition) is 0. The molecular weight excluding hydrogens is 194 g/mol. The second-order valence-corrected chi connectivity index (χ2v) is 3.36. The molecular formula is C4H9O4PV. The maximum absolute atomic E-state index is 9.86. The van der Waals surface area contributed by atoms with E-state index in [-0.39, 0.29) is 6.16 Å². The topological polar surface area (TPSA) is 80.3 Å². The van der Waals surface area contributed by atoms with Crippen molar-refractivity contribution in [3.8, 4) is 0 Å². The van der Waals surface area contributed by atoms with Crippen LogP contribution in [0.4, 0.5) is 0 Å². The summed E-state index contributed by atoms with van der Waals surface area (Å²) in [6.07, 6.45) is 1.06. The monoisotopic (exact) mass is 203 g/mol. The summed E-state index contributed by atoms with van der Waals surface area (Å²) in [6.45, 7) is 1.84. The van der Waals surface area contributed by atoms with Gasteiger partial charge >= 0.3 is 21.0 Å². The third-order valence-corrected chi connectivity index (χ3v) is 1.65. The van der Waals surface area contributed by atoms with Gasteiger partial charge in [0.05, 0.1) is 0 Å². The molecule has 0 saturated carbocycles. The van der Waals surface area contributed by atoms with Crippen molar-refractivity contribution in [2.75, 3.05) is 6.16 Å². The van der Waals surface area contributed by atoms with E-state index < -0.39 is 7.60 Å². The predicted molar refractivity (Wildman–Crippen MR) is 28.1 cm³/mol. The van der Waals surface area contributed by atoms with E-state index in [4.69, 9.17) is 3.67 Å². The van der Waals surface area contributed by atoms with Crippen LogP contribution >= 0.6 is 7.60 Å². The van der Waals surface area contributed by atoms with Gasteiger partial charge in [-0.2, -0.15) is 0 Å². The van der Waals surface area contributed by atoms with Crippen LogP contribution in [0.1, 0.15) is 19.8 Å². The van der Waals surface area contributed by atoms with Gasteiger partial charge in [-0.3, -0.25) is 0 Å². The molecule has 10 heavy (non-hydrogen) atoms. The van der Waals surface area contributed by atoms with Crippen molar-refractivity contribution < 1.29 is 35.4 Å². The molecule has 0 aromatic rings. The Bertz CT molecular complexity index is 112. The molecule has 0 amide bonds. The van der Waals surface area contributed by atoms with E-state index in [1.54, 1.807) is 0 Å². The van der Waals surface area contributed by atoms with Crippen LogP contribution in [0.15, 0.2) is 0 Å². The molecule has 0 atom stereocenters. The SMILES string of the molecule is CCCCP(=O)([O-])[O-].[O]=[V+2]. The molecule has 0 unspecified atom stereocenters. The second-order valence-electron chi connectivity index (χ2n) is 1.69. The molecule has 4 nitrogen and oxygen atoms in total. The minimum atomic E-state index is -4.18. The zero-order valence-electron chi connectivity index (χ0n) is 5.65. The Balaban J connectivity index is 0. The first-order chi connectivity index (χ1) is 4.56. The Hall–Kier alpha value is 0.534. The number of unbranched alkanes of at least 4 members (excludes halogenated alkanes) is 1. The van der Waals surface area contributed by atoms with Gasteiger partial charge in [0.15, 0.2) is 0 Å². The Labute approximate surface area is 69.4 Å². The van der Waals surface area contributed by atoms with Gasteiger partial charge in [-0.15, -0.1) is 0 Å². The Morgan fingerprint density at radius 2 is 1.80 bits per heavy atom. The van der Waals surface area contributed by atoms with E-state index in [0.717, 1.165) is 23.8 Å². The third kappa shape index (κ3) is 15.8. The standard InChI is InChI=1S/C4H11O3P.O.V/c1-2-3-4-8(5,6)7;;/h2-4H2,1H3,(H2,5,6,7);;/q;;+2/p-2. The van der Waals surface area contributed by atoms with E-state index in [1.165, 1.54) is 0 Å². The summed E-state index contributed by atoms with van der Waals surface area (Å²) in [5.41, 5.74) is 0. The Morgan fingerprint density at radius 1 is 1.40 bits per heavy atom. The molecule has 0 aliphatic rings. The summed E-state index contributed by atoms with van der Waals surface area (Å²) in [4.78, 5) is 19.7. The fraction of sp³-hybridized carbons (Fsp3) is 1.00. The van der Waals surface area contributed by atoms with E-state index in [2.05, 4.69) is 0 Å². The van der Waals surface area contributed by atoms with Crippen LogP contribution in [0.25, 0.3) is 0 Å². The van der Waals surface area contributed by atoms with Crippen LogP contribution in [-0.4, -0.2) is 6.16 Å². The van der Waals surface area contributed by atoms with Crippen LogP contribution in [-0.2, 0) is 25.6 Å². The zero-order chi connectivity index (χ0) is 8.62. The summed E-state index contributed by atoms with van der Waals surface area (Å²) in [5.74, 6) is 0. The van der Waals surface area contributed by atoms with Gasteiger partial charge in [-0.25, -0.2) is 0 Å². The molecule has 0 N–H and O–H groups in total. The zero-order valence-corrected chi connectivity index (χ0v) is 7.94. The van der Waals surface area contributed by atoms with Gasteiger partial charge in [-0.05, 0) is 12.6 Å². The summed E-state index contributed by atoms with van der Waals surface area (Å²) < 4.78 is 18.0. The van der Waals surface area contributed by atoms with Crippen molar-refractivity contribution in [2.24, 2.45) is 0 Å². The van der Waals surface area contributed by atoms with Crippen LogP contribution in [0.3, 0.4) is 0 Å². The third-order valence-electron chi connectivity index (χ3n) is 0.786. The molecule has 0 aliphatic heterocycles. The van der Waals surface area contributed by atoms with Crippen molar-refractivity contribution >= 4 is 7.60 Å². The molecule has 59 valence electrons. The molecule has 0 aromatic carbocycles. The van der Waals surface area contributed by atoms with Crippen LogP contribution in [0, 0.1) is 0 Å². The summed E-state index contributed by atoms with van der Waals surface area (Å²) in [7, 11) is -4.18. The summed E-state index contributed by atoms with van der Waals surface area (Å²) in [6, 6.07) is 0. The first-order valence-corrected chi connectivity index (χ1v) is 5.05. The molecule has 0 aliphatic carbocycles. The molecule has 0 rings (SSSR count). The van der Waals surface area contributed by atoms with E-state index in [1.807, 2.05) is 6.92 Å². The van der Waals surface area contributed by atoms with Crippen molar-refractivity contribution in [1.29, 1.82) is 0 Å². The molecule has 0 spiro atoms. The fourth-order valence-corrected chi connectivity index (χ4v) is 1.06. The van der Waals surface area contributed by atoms with Crippen LogP contribution in [0.5, 0.6) is 0 Å². The van der Waals surface area contributed by atoms with Gasteiger partial charge in [0.2, 0.25) is 0 Å². The van der Waals surface area contributed by atoms with Crippen molar-refractivity contribution in [1.82, 2.24) is 0 Å². The maximum atomic E-state index is 9.86. The van der Waals surface area contributed by atoms with Gasteiger partial charge in [-0.1, -0.05) is 20.9 Å². The molecule has 0 fully saturated rings. The average molecular weight is 203 g/mol. The van der Waals surface area contributed by atoms with Gasteiger partial charge in [0.25, 0.3) is 0 Å². The summed E-state index contributed by atoms with van der Waals surface area (Å²) in [5, 5.41) is 0. The van der Waals surface area contributed by atoms with Crippen molar-refractivity contribution in [2.45, 2.75) is 19.8 Å². The van der Waals surface area contributed by atoms with E-state index in [0.29, 0.717) is 6.42 Å². The molecule has 0 heterocycles.